The molecule has 0 aromatic heterocycles. The lowest BCUT2D eigenvalue weighted by atomic mass is 10.1. The summed E-state index contributed by atoms with van der Waals surface area (Å²) in [5, 5.41) is 2.65. The van der Waals surface area contributed by atoms with Gasteiger partial charge >= 0.3 is 0 Å². The molecular weight excluding hydrogens is 514 g/mol. The summed E-state index contributed by atoms with van der Waals surface area (Å²) < 4.78 is 59.7. The van der Waals surface area contributed by atoms with E-state index in [1.54, 1.807) is 30.3 Å². The second-order valence-electron chi connectivity index (χ2n) is 8.60. The molecule has 0 unspecified atom stereocenters. The maximum Gasteiger partial charge on any atom is 0.261 e. The summed E-state index contributed by atoms with van der Waals surface area (Å²) >= 11 is 0. The van der Waals surface area contributed by atoms with Crippen LogP contribution in [0.4, 0.5) is 17.1 Å². The van der Waals surface area contributed by atoms with Gasteiger partial charge in [0.1, 0.15) is 11.8 Å². The minimum atomic E-state index is -3.85. The van der Waals surface area contributed by atoms with E-state index in [4.69, 9.17) is 4.74 Å². The lowest BCUT2D eigenvalue weighted by Gasteiger charge is -2.28. The zero-order chi connectivity index (χ0) is 27.4. The number of amides is 1. The van der Waals surface area contributed by atoms with E-state index in [0.29, 0.717) is 29.4 Å². The molecule has 0 radical (unpaired) electrons. The molecule has 0 fully saturated rings. The van der Waals surface area contributed by atoms with Crippen LogP contribution in [-0.2, 0) is 24.8 Å². The first kappa shape index (κ1) is 28.0. The Morgan fingerprint density at radius 2 is 1.57 bits per heavy atom. The summed E-state index contributed by atoms with van der Waals surface area (Å²) in [5.41, 5.74) is 2.93. The summed E-state index contributed by atoms with van der Waals surface area (Å²) in [4.78, 5) is 13.0. The second-order valence-corrected chi connectivity index (χ2v) is 12.1. The van der Waals surface area contributed by atoms with E-state index >= 15 is 0 Å². The van der Waals surface area contributed by atoms with Crippen LogP contribution in [0.25, 0.3) is 0 Å². The number of nitrogens with zero attached hydrogens (tertiary/aromatic N) is 1. The summed E-state index contributed by atoms with van der Waals surface area (Å²) in [6, 6.07) is 16.4. The topological polar surface area (TPSA) is 122 Å². The highest BCUT2D eigenvalue weighted by Gasteiger charge is 2.29. The molecule has 0 aliphatic carbocycles. The van der Waals surface area contributed by atoms with Gasteiger partial charge in [0.25, 0.3) is 10.0 Å². The normalized spacial score (nSPS) is 12.5. The van der Waals surface area contributed by atoms with Crippen LogP contribution < -0.4 is 19.1 Å². The molecule has 3 aromatic carbocycles. The Kier molecular flexibility index (Phi) is 8.49. The smallest absolute Gasteiger partial charge is 0.261 e. The van der Waals surface area contributed by atoms with Crippen molar-refractivity contribution in [3.63, 3.8) is 0 Å². The molecule has 11 heteroatoms. The summed E-state index contributed by atoms with van der Waals surface area (Å²) in [5.74, 6) is 0.00204. The Balaban J connectivity index is 1.75. The zero-order valence-corrected chi connectivity index (χ0v) is 23.0. The molecule has 0 aliphatic heterocycles. The van der Waals surface area contributed by atoms with E-state index in [0.717, 1.165) is 21.7 Å². The Labute approximate surface area is 218 Å². The molecule has 198 valence electrons. The molecule has 1 atom stereocenters. The number of anilines is 3. The highest BCUT2D eigenvalue weighted by Crippen LogP contribution is 2.25. The molecule has 37 heavy (non-hydrogen) atoms. The molecule has 3 aromatic rings. The number of ether oxygens (including phenoxy) is 1. The average molecular weight is 546 g/mol. The third-order valence-corrected chi connectivity index (χ3v) is 8.17. The van der Waals surface area contributed by atoms with Crippen LogP contribution in [0.2, 0.25) is 0 Å². The van der Waals surface area contributed by atoms with E-state index in [1.807, 2.05) is 32.9 Å². The van der Waals surface area contributed by atoms with Gasteiger partial charge in [0.15, 0.2) is 0 Å². The van der Waals surface area contributed by atoms with Crippen molar-refractivity contribution in [1.29, 1.82) is 0 Å². The predicted molar refractivity (Wildman–Crippen MR) is 146 cm³/mol. The van der Waals surface area contributed by atoms with Crippen molar-refractivity contribution in [3.8, 4) is 5.75 Å². The highest BCUT2D eigenvalue weighted by atomic mass is 32.2. The molecule has 3 rings (SSSR count). The summed E-state index contributed by atoms with van der Waals surface area (Å²) in [6.45, 7) is 7.52. The molecule has 9 nitrogen and oxygen atoms in total. The molecule has 0 heterocycles. The fraction of sp³-hybridized carbons (Fsp3) is 0.269. The Morgan fingerprint density at radius 3 is 2.11 bits per heavy atom. The second kappa shape index (κ2) is 11.2. The average Bonchev–Trinajstić information content (AvgIpc) is 2.82. The van der Waals surface area contributed by atoms with Gasteiger partial charge in [-0.3, -0.25) is 13.8 Å². The minimum Gasteiger partial charge on any atom is -0.494 e. The van der Waals surface area contributed by atoms with Crippen molar-refractivity contribution >= 4 is 43.0 Å². The summed E-state index contributed by atoms with van der Waals surface area (Å²) in [6.07, 6.45) is 1.02. The number of sulfonamides is 2. The summed E-state index contributed by atoms with van der Waals surface area (Å²) in [7, 11) is -7.65. The highest BCUT2D eigenvalue weighted by molar-refractivity contribution is 7.92. The molecule has 0 aliphatic rings. The molecule has 0 saturated carbocycles. The van der Waals surface area contributed by atoms with Gasteiger partial charge in [-0.2, -0.15) is 0 Å². The molecule has 0 saturated heterocycles. The Hall–Kier alpha value is -3.57. The van der Waals surface area contributed by atoms with Crippen LogP contribution in [0.15, 0.2) is 71.6 Å². The van der Waals surface area contributed by atoms with Gasteiger partial charge in [0.05, 0.1) is 29.1 Å². The maximum atomic E-state index is 13.0. The molecule has 1 amide bonds. The SMILES string of the molecule is CCOc1ccc(N([C@@H](C)C(=O)Nc2ccc(S(=O)(=O)Nc3ccc(C)cc3C)cc2)S(C)(=O)=O)cc1. The number of carbonyl (C=O) groups is 1. The Morgan fingerprint density at radius 1 is 0.946 bits per heavy atom. The third-order valence-electron chi connectivity index (χ3n) is 5.55. The van der Waals surface area contributed by atoms with Crippen molar-refractivity contribution in [2.75, 3.05) is 27.2 Å². The fourth-order valence-corrected chi connectivity index (χ4v) is 6.07. The van der Waals surface area contributed by atoms with Gasteiger partial charge in [-0.1, -0.05) is 17.7 Å². The number of hydrogen-bond acceptors (Lipinski definition) is 6. The van der Waals surface area contributed by atoms with Gasteiger partial charge in [-0.05, 0) is 87.9 Å². The largest absolute Gasteiger partial charge is 0.494 e. The van der Waals surface area contributed by atoms with Crippen LogP contribution in [0, 0.1) is 13.8 Å². The standard InChI is InChI=1S/C26H31N3O6S2/c1-6-35-23-12-10-22(11-13-23)29(36(5,31)32)20(4)26(30)27-21-8-14-24(15-9-21)37(33,34)28-25-16-7-18(2)17-19(25)3/h7-17,20,28H,6H2,1-5H3,(H,27,30)/t20-/m0/s1. The number of nitrogens with one attached hydrogen (secondary N) is 2. The quantitative estimate of drug-likeness (QED) is 0.392. The van der Waals surface area contributed by atoms with Gasteiger partial charge in [-0.25, -0.2) is 16.8 Å². The monoisotopic (exact) mass is 545 g/mol. The van der Waals surface area contributed by atoms with Crippen molar-refractivity contribution < 1.29 is 26.4 Å². The lowest BCUT2D eigenvalue weighted by molar-refractivity contribution is -0.116. The number of rotatable bonds is 10. The minimum absolute atomic E-state index is 0.0191. The van der Waals surface area contributed by atoms with E-state index in [-0.39, 0.29) is 4.90 Å². The van der Waals surface area contributed by atoms with Gasteiger partial charge in [-0.15, -0.1) is 0 Å². The van der Waals surface area contributed by atoms with Crippen molar-refractivity contribution in [2.45, 2.75) is 38.6 Å². The fourth-order valence-electron chi connectivity index (χ4n) is 3.76. The van der Waals surface area contributed by atoms with Gasteiger partial charge in [0.2, 0.25) is 15.9 Å². The van der Waals surface area contributed by atoms with Gasteiger partial charge < -0.3 is 10.1 Å². The predicted octanol–water partition coefficient (Wildman–Crippen LogP) is 4.30. The van der Waals surface area contributed by atoms with Gasteiger partial charge in [0, 0.05) is 5.69 Å². The first-order valence-corrected chi connectivity index (χ1v) is 14.9. The molecule has 0 spiro atoms. The third kappa shape index (κ3) is 7.01. The molecular formula is C26H31N3O6S2. The van der Waals surface area contributed by atoms with Crippen molar-refractivity contribution in [1.82, 2.24) is 0 Å². The molecule has 0 bridgehead atoms. The zero-order valence-electron chi connectivity index (χ0n) is 21.3. The Bertz CT molecular complexity index is 1470. The van der Waals surface area contributed by atoms with Crippen LogP contribution in [0.5, 0.6) is 5.75 Å². The maximum absolute atomic E-state index is 13.0. The number of aryl methyl sites for hydroxylation is 2. The first-order valence-electron chi connectivity index (χ1n) is 11.5. The van der Waals surface area contributed by atoms with E-state index < -0.39 is 32.0 Å². The number of carbonyl (C=O) groups excluding carboxylic acids is 1. The van der Waals surface area contributed by atoms with Crippen molar-refractivity contribution in [2.24, 2.45) is 0 Å². The van der Waals surface area contributed by atoms with E-state index in [2.05, 4.69) is 10.0 Å². The van der Waals surface area contributed by atoms with Crippen LogP contribution in [0.3, 0.4) is 0 Å². The number of benzene rings is 3. The van der Waals surface area contributed by atoms with E-state index in [9.17, 15) is 21.6 Å². The van der Waals surface area contributed by atoms with Crippen LogP contribution >= 0.6 is 0 Å². The van der Waals surface area contributed by atoms with E-state index in [1.165, 1.54) is 31.2 Å². The number of hydrogen-bond donors (Lipinski definition) is 2. The lowest BCUT2D eigenvalue weighted by Crippen LogP contribution is -2.45. The molecule has 2 N–H and O–H groups in total. The van der Waals surface area contributed by atoms with Crippen molar-refractivity contribution in [3.05, 3.63) is 77.9 Å². The first-order chi connectivity index (χ1) is 17.3. The van der Waals surface area contributed by atoms with Crippen LogP contribution in [-0.4, -0.2) is 41.6 Å². The van der Waals surface area contributed by atoms with Crippen LogP contribution in [0.1, 0.15) is 25.0 Å².